The van der Waals surface area contributed by atoms with Crippen LogP contribution in [0.25, 0.3) is 5.65 Å². The van der Waals surface area contributed by atoms with Crippen LogP contribution in [0.3, 0.4) is 0 Å². The average Bonchev–Trinajstić information content (AvgIpc) is 3.03. The fourth-order valence-corrected chi connectivity index (χ4v) is 3.51. The van der Waals surface area contributed by atoms with Crippen molar-refractivity contribution in [3.05, 3.63) is 64.2 Å². The molecule has 0 atom stereocenters. The van der Waals surface area contributed by atoms with E-state index in [-0.39, 0.29) is 35.6 Å². The number of halogens is 1. The summed E-state index contributed by atoms with van der Waals surface area (Å²) in [5.41, 5.74) is 0.744. The molecule has 2 aromatic heterocycles. The van der Waals surface area contributed by atoms with E-state index in [4.69, 9.17) is 0 Å². The Kier molecular flexibility index (Phi) is 4.09. The van der Waals surface area contributed by atoms with Gasteiger partial charge in [-0.3, -0.25) is 9.20 Å². The molecule has 2 heterocycles. The fourth-order valence-electron chi connectivity index (χ4n) is 3.51. The highest BCUT2D eigenvalue weighted by molar-refractivity contribution is 5.36. The molecule has 0 aliphatic heterocycles. The van der Waals surface area contributed by atoms with Crippen LogP contribution in [0.2, 0.25) is 0 Å². The van der Waals surface area contributed by atoms with Gasteiger partial charge in [-0.2, -0.15) is 0 Å². The van der Waals surface area contributed by atoms with Crippen LogP contribution in [-0.4, -0.2) is 30.4 Å². The molecule has 3 aromatic rings. The summed E-state index contributed by atoms with van der Waals surface area (Å²) in [7, 11) is 0. The van der Waals surface area contributed by atoms with E-state index in [1.54, 1.807) is 28.9 Å². The van der Waals surface area contributed by atoms with E-state index in [2.05, 4.69) is 10.2 Å². The highest BCUT2D eigenvalue weighted by Crippen LogP contribution is 2.31. The maximum atomic E-state index is 13.3. The van der Waals surface area contributed by atoms with Crippen LogP contribution in [0.1, 0.15) is 43.0 Å². The second-order valence-electron chi connectivity index (χ2n) is 6.62. The number of fused-ring (bicyclic) bond motifs is 1. The Morgan fingerprint density at radius 3 is 2.72 bits per heavy atom. The highest BCUT2D eigenvalue weighted by Gasteiger charge is 2.25. The van der Waals surface area contributed by atoms with Gasteiger partial charge in [-0.1, -0.05) is 12.1 Å². The van der Waals surface area contributed by atoms with Crippen molar-refractivity contribution in [1.29, 1.82) is 0 Å². The molecule has 0 unspecified atom stereocenters. The maximum absolute atomic E-state index is 13.3. The summed E-state index contributed by atoms with van der Waals surface area (Å²) < 4.78 is 16.6. The van der Waals surface area contributed by atoms with Gasteiger partial charge in [0.1, 0.15) is 11.6 Å². The van der Waals surface area contributed by atoms with Gasteiger partial charge in [0.25, 0.3) is 5.56 Å². The van der Waals surface area contributed by atoms with Crippen LogP contribution in [0.5, 0.6) is 0 Å². The largest absolute Gasteiger partial charge is 0.393 e. The Morgan fingerprint density at radius 2 is 1.96 bits per heavy atom. The Hall–Kier alpha value is -2.54. The molecule has 0 amide bonds. The van der Waals surface area contributed by atoms with Crippen molar-refractivity contribution < 1.29 is 9.50 Å². The van der Waals surface area contributed by atoms with E-state index in [1.165, 1.54) is 16.7 Å². The summed E-state index contributed by atoms with van der Waals surface area (Å²) >= 11 is 0. The lowest BCUT2D eigenvalue weighted by atomic mass is 9.87. The lowest BCUT2D eigenvalue weighted by molar-refractivity contribution is 0.121. The normalized spacial score (nSPS) is 20.9. The van der Waals surface area contributed by atoms with E-state index in [0.717, 1.165) is 31.5 Å². The van der Waals surface area contributed by atoms with Crippen LogP contribution in [0.4, 0.5) is 4.39 Å². The standard InChI is InChI=1S/C18H19FN4O2/c19-14-3-1-2-12(10-14)11-22-8-9-23-16(20-21-17(23)18(22)25)13-4-6-15(24)7-5-13/h1-3,8-10,13,15,24H,4-7,11H2/t13-,15-. The van der Waals surface area contributed by atoms with Crippen LogP contribution in [0.15, 0.2) is 41.5 Å². The van der Waals surface area contributed by atoms with Crippen molar-refractivity contribution in [3.8, 4) is 0 Å². The lowest BCUT2D eigenvalue weighted by Crippen LogP contribution is -2.23. The zero-order chi connectivity index (χ0) is 17.4. The Bertz CT molecular complexity index is 957. The number of rotatable bonds is 3. The van der Waals surface area contributed by atoms with Crippen LogP contribution in [-0.2, 0) is 6.54 Å². The first-order valence-corrected chi connectivity index (χ1v) is 8.48. The van der Waals surface area contributed by atoms with Crippen molar-refractivity contribution in [1.82, 2.24) is 19.2 Å². The Balaban J connectivity index is 1.66. The third-order valence-corrected chi connectivity index (χ3v) is 4.87. The smallest absolute Gasteiger partial charge is 0.296 e. The maximum Gasteiger partial charge on any atom is 0.296 e. The molecule has 1 aliphatic rings. The van der Waals surface area contributed by atoms with Gasteiger partial charge >= 0.3 is 0 Å². The molecule has 0 spiro atoms. The topological polar surface area (TPSA) is 72.4 Å². The highest BCUT2D eigenvalue weighted by atomic mass is 19.1. The summed E-state index contributed by atoms with van der Waals surface area (Å²) in [6.07, 6.45) is 6.41. The van der Waals surface area contributed by atoms with E-state index in [9.17, 15) is 14.3 Å². The minimum atomic E-state index is -0.323. The number of aromatic nitrogens is 4. The number of aliphatic hydroxyl groups excluding tert-OH is 1. The number of benzene rings is 1. The summed E-state index contributed by atoms with van der Waals surface area (Å²) in [5, 5.41) is 18.0. The molecule has 0 radical (unpaired) electrons. The second kappa shape index (κ2) is 6.40. The average molecular weight is 342 g/mol. The van der Waals surface area contributed by atoms with Gasteiger partial charge in [0, 0.05) is 18.3 Å². The lowest BCUT2D eigenvalue weighted by Gasteiger charge is -2.23. The summed E-state index contributed by atoms with van der Waals surface area (Å²) in [6, 6.07) is 6.20. The molecule has 7 heteroatoms. The van der Waals surface area contributed by atoms with E-state index in [0.29, 0.717) is 5.56 Å². The van der Waals surface area contributed by atoms with E-state index < -0.39 is 0 Å². The SMILES string of the molecule is O=c1c2nnc([C@H]3CC[C@H](O)CC3)n2ccn1Cc1cccc(F)c1. The van der Waals surface area contributed by atoms with Crippen molar-refractivity contribution in [2.45, 2.75) is 44.2 Å². The summed E-state index contributed by atoms with van der Waals surface area (Å²) in [5.74, 6) is 0.657. The molecule has 0 bridgehead atoms. The van der Waals surface area contributed by atoms with Gasteiger partial charge in [0.15, 0.2) is 0 Å². The fraction of sp³-hybridized carbons (Fsp3) is 0.389. The molecule has 6 nitrogen and oxygen atoms in total. The quantitative estimate of drug-likeness (QED) is 0.791. The minimum Gasteiger partial charge on any atom is -0.393 e. The number of aliphatic hydroxyl groups is 1. The van der Waals surface area contributed by atoms with Crippen molar-refractivity contribution >= 4 is 5.65 Å². The molecule has 0 saturated heterocycles. The summed E-state index contributed by atoms with van der Waals surface area (Å²) in [4.78, 5) is 12.7. The zero-order valence-electron chi connectivity index (χ0n) is 13.7. The van der Waals surface area contributed by atoms with Gasteiger partial charge in [-0.05, 0) is 43.4 Å². The van der Waals surface area contributed by atoms with Crippen molar-refractivity contribution in [3.63, 3.8) is 0 Å². The molecule has 1 fully saturated rings. The minimum absolute atomic E-state index is 0.205. The van der Waals surface area contributed by atoms with E-state index in [1.807, 2.05) is 0 Å². The van der Waals surface area contributed by atoms with Crippen molar-refractivity contribution in [2.75, 3.05) is 0 Å². The molecule has 4 rings (SSSR count). The van der Waals surface area contributed by atoms with E-state index >= 15 is 0 Å². The van der Waals surface area contributed by atoms with Crippen LogP contribution >= 0.6 is 0 Å². The molecule has 1 aliphatic carbocycles. The molecular weight excluding hydrogens is 323 g/mol. The molecule has 1 saturated carbocycles. The molecule has 1 aromatic carbocycles. The predicted octanol–water partition coefficient (Wildman–Crippen LogP) is 2.10. The van der Waals surface area contributed by atoms with Gasteiger partial charge in [-0.15, -0.1) is 10.2 Å². The predicted molar refractivity (Wildman–Crippen MR) is 90.0 cm³/mol. The van der Waals surface area contributed by atoms with Gasteiger partial charge in [-0.25, -0.2) is 4.39 Å². The molecule has 130 valence electrons. The van der Waals surface area contributed by atoms with Gasteiger partial charge < -0.3 is 9.67 Å². The Labute approximate surface area is 143 Å². The molecule has 25 heavy (non-hydrogen) atoms. The number of hydrogen-bond donors (Lipinski definition) is 1. The van der Waals surface area contributed by atoms with Gasteiger partial charge in [0.2, 0.25) is 5.65 Å². The monoisotopic (exact) mass is 342 g/mol. The first-order valence-electron chi connectivity index (χ1n) is 8.48. The number of hydrogen-bond acceptors (Lipinski definition) is 4. The molecule has 1 N–H and O–H groups in total. The third kappa shape index (κ3) is 3.07. The Morgan fingerprint density at radius 1 is 1.16 bits per heavy atom. The van der Waals surface area contributed by atoms with Gasteiger partial charge in [0.05, 0.1) is 12.6 Å². The van der Waals surface area contributed by atoms with Crippen molar-refractivity contribution in [2.24, 2.45) is 0 Å². The number of nitrogens with zero attached hydrogens (tertiary/aromatic N) is 4. The second-order valence-corrected chi connectivity index (χ2v) is 6.62. The zero-order valence-corrected chi connectivity index (χ0v) is 13.7. The van der Waals surface area contributed by atoms with Crippen LogP contribution in [0, 0.1) is 5.82 Å². The first-order chi connectivity index (χ1) is 12.1. The van der Waals surface area contributed by atoms with Crippen LogP contribution < -0.4 is 5.56 Å². The third-order valence-electron chi connectivity index (χ3n) is 4.87. The summed E-state index contributed by atoms with van der Waals surface area (Å²) in [6.45, 7) is 0.283. The molecular formula is C18H19FN4O2. The first kappa shape index (κ1) is 16.0.